The number of hydrogen-bond acceptors (Lipinski definition) is 5. The molecular formula is C12H16N2O4. The lowest BCUT2D eigenvalue weighted by Crippen LogP contribution is -2.26. The molecule has 0 aliphatic carbocycles. The van der Waals surface area contributed by atoms with Crippen LogP contribution in [0.3, 0.4) is 0 Å². The molecule has 0 aliphatic heterocycles. The maximum absolute atomic E-state index is 11.2. The quantitative estimate of drug-likeness (QED) is 0.473. The zero-order chi connectivity index (χ0) is 13.5. The Morgan fingerprint density at radius 2 is 2.11 bits per heavy atom. The number of nitro benzene ring substituents is 1. The Balaban J connectivity index is 2.49. The van der Waals surface area contributed by atoms with E-state index in [0.717, 1.165) is 0 Å². The van der Waals surface area contributed by atoms with E-state index < -0.39 is 4.92 Å². The highest BCUT2D eigenvalue weighted by molar-refractivity contribution is 5.71. The van der Waals surface area contributed by atoms with Crippen LogP contribution in [0.5, 0.6) is 0 Å². The van der Waals surface area contributed by atoms with Crippen molar-refractivity contribution in [2.45, 2.75) is 26.5 Å². The van der Waals surface area contributed by atoms with E-state index in [0.29, 0.717) is 5.56 Å². The monoisotopic (exact) mass is 252 g/mol. The van der Waals surface area contributed by atoms with Crippen LogP contribution in [-0.4, -0.2) is 23.5 Å². The van der Waals surface area contributed by atoms with Crippen LogP contribution in [0.25, 0.3) is 0 Å². The maximum atomic E-state index is 11.2. The molecule has 0 saturated heterocycles. The summed E-state index contributed by atoms with van der Waals surface area (Å²) in [6.45, 7) is 3.81. The average Bonchev–Trinajstić information content (AvgIpc) is 2.28. The number of nitro groups is 1. The molecule has 0 saturated carbocycles. The van der Waals surface area contributed by atoms with Crippen LogP contribution >= 0.6 is 0 Å². The van der Waals surface area contributed by atoms with E-state index in [9.17, 15) is 14.9 Å². The molecule has 6 heteroatoms. The van der Waals surface area contributed by atoms with Crippen LogP contribution < -0.4 is 5.32 Å². The Bertz CT molecular complexity index is 432. The van der Waals surface area contributed by atoms with Gasteiger partial charge in [-0.1, -0.05) is 18.2 Å². The fourth-order valence-electron chi connectivity index (χ4n) is 1.44. The molecule has 0 spiro atoms. The molecule has 1 rings (SSSR count). The maximum Gasteiger partial charge on any atom is 0.320 e. The van der Waals surface area contributed by atoms with Crippen LogP contribution in [0.4, 0.5) is 5.69 Å². The predicted molar refractivity (Wildman–Crippen MR) is 66.0 cm³/mol. The third-order valence-corrected chi connectivity index (χ3v) is 2.14. The first kappa shape index (κ1) is 14.1. The number of carbonyl (C=O) groups is 1. The summed E-state index contributed by atoms with van der Waals surface area (Å²) in [5, 5.41) is 13.6. The Labute approximate surface area is 105 Å². The van der Waals surface area contributed by atoms with Crippen molar-refractivity contribution in [1.82, 2.24) is 5.32 Å². The lowest BCUT2D eigenvalue weighted by molar-refractivity contribution is -0.385. The number of nitrogens with one attached hydrogen (secondary N) is 1. The van der Waals surface area contributed by atoms with Crippen LogP contribution in [0.15, 0.2) is 24.3 Å². The Morgan fingerprint density at radius 1 is 1.44 bits per heavy atom. The van der Waals surface area contributed by atoms with Crippen molar-refractivity contribution in [3.05, 3.63) is 39.9 Å². The van der Waals surface area contributed by atoms with Gasteiger partial charge in [-0.05, 0) is 13.8 Å². The summed E-state index contributed by atoms with van der Waals surface area (Å²) in [7, 11) is 0. The van der Waals surface area contributed by atoms with Gasteiger partial charge in [0.05, 0.1) is 17.6 Å². The standard InChI is InChI=1S/C12H16N2O4/c1-9(2)18-12(15)8-13-7-10-5-3-4-6-11(10)14(16)17/h3-6,9,13H,7-8H2,1-2H3. The summed E-state index contributed by atoms with van der Waals surface area (Å²) in [4.78, 5) is 21.6. The molecule has 18 heavy (non-hydrogen) atoms. The lowest BCUT2D eigenvalue weighted by Gasteiger charge is -2.08. The third-order valence-electron chi connectivity index (χ3n) is 2.14. The molecular weight excluding hydrogens is 236 g/mol. The molecule has 0 fully saturated rings. The van der Waals surface area contributed by atoms with Crippen LogP contribution in [0, 0.1) is 10.1 Å². The molecule has 0 radical (unpaired) electrons. The van der Waals surface area contributed by atoms with E-state index in [1.807, 2.05) is 0 Å². The summed E-state index contributed by atoms with van der Waals surface area (Å²) >= 11 is 0. The minimum atomic E-state index is -0.441. The first-order valence-corrected chi connectivity index (χ1v) is 5.63. The molecule has 0 bridgehead atoms. The molecule has 98 valence electrons. The van der Waals surface area contributed by atoms with Gasteiger partial charge in [0.15, 0.2) is 0 Å². The van der Waals surface area contributed by atoms with E-state index >= 15 is 0 Å². The van der Waals surface area contributed by atoms with Crippen molar-refractivity contribution in [2.24, 2.45) is 0 Å². The van der Waals surface area contributed by atoms with Crippen molar-refractivity contribution >= 4 is 11.7 Å². The van der Waals surface area contributed by atoms with Crippen molar-refractivity contribution < 1.29 is 14.5 Å². The topological polar surface area (TPSA) is 81.5 Å². The molecule has 0 atom stereocenters. The van der Waals surface area contributed by atoms with Gasteiger partial charge >= 0.3 is 5.97 Å². The number of carbonyl (C=O) groups excluding carboxylic acids is 1. The van der Waals surface area contributed by atoms with Gasteiger partial charge in [-0.3, -0.25) is 14.9 Å². The number of esters is 1. The zero-order valence-corrected chi connectivity index (χ0v) is 10.4. The van der Waals surface area contributed by atoms with Gasteiger partial charge in [0.1, 0.15) is 0 Å². The lowest BCUT2D eigenvalue weighted by atomic mass is 10.2. The number of ether oxygens (including phenoxy) is 1. The van der Waals surface area contributed by atoms with Gasteiger partial charge in [0.25, 0.3) is 5.69 Å². The molecule has 6 nitrogen and oxygen atoms in total. The Hall–Kier alpha value is -1.95. The average molecular weight is 252 g/mol. The first-order chi connectivity index (χ1) is 8.50. The van der Waals surface area contributed by atoms with Gasteiger partial charge < -0.3 is 10.1 Å². The summed E-state index contributed by atoms with van der Waals surface area (Å²) < 4.78 is 4.93. The van der Waals surface area contributed by atoms with Crippen LogP contribution in [-0.2, 0) is 16.1 Å². The van der Waals surface area contributed by atoms with E-state index in [-0.39, 0.29) is 30.9 Å². The largest absolute Gasteiger partial charge is 0.462 e. The highest BCUT2D eigenvalue weighted by Gasteiger charge is 2.12. The van der Waals surface area contributed by atoms with E-state index in [4.69, 9.17) is 4.74 Å². The minimum Gasteiger partial charge on any atom is -0.462 e. The molecule has 1 N–H and O–H groups in total. The van der Waals surface area contributed by atoms with E-state index in [2.05, 4.69) is 5.32 Å². The molecule has 0 aromatic heterocycles. The van der Waals surface area contributed by atoms with Gasteiger partial charge in [-0.15, -0.1) is 0 Å². The highest BCUT2D eigenvalue weighted by atomic mass is 16.6. The SMILES string of the molecule is CC(C)OC(=O)CNCc1ccccc1[N+](=O)[O-]. The number of benzene rings is 1. The number of para-hydroxylation sites is 1. The van der Waals surface area contributed by atoms with Gasteiger partial charge in [-0.25, -0.2) is 0 Å². The van der Waals surface area contributed by atoms with Gasteiger partial charge in [0.2, 0.25) is 0 Å². The second-order valence-electron chi connectivity index (χ2n) is 4.03. The first-order valence-electron chi connectivity index (χ1n) is 5.63. The summed E-state index contributed by atoms with van der Waals surface area (Å²) in [5.74, 6) is -0.372. The fourth-order valence-corrected chi connectivity index (χ4v) is 1.44. The highest BCUT2D eigenvalue weighted by Crippen LogP contribution is 2.16. The van der Waals surface area contributed by atoms with E-state index in [1.165, 1.54) is 6.07 Å². The van der Waals surface area contributed by atoms with Crippen LogP contribution in [0.2, 0.25) is 0 Å². The van der Waals surface area contributed by atoms with Crippen molar-refractivity contribution in [1.29, 1.82) is 0 Å². The van der Waals surface area contributed by atoms with Gasteiger partial charge in [0, 0.05) is 18.2 Å². The fraction of sp³-hybridized carbons (Fsp3) is 0.417. The smallest absolute Gasteiger partial charge is 0.320 e. The van der Waals surface area contributed by atoms with Crippen molar-refractivity contribution in [3.63, 3.8) is 0 Å². The van der Waals surface area contributed by atoms with Gasteiger partial charge in [-0.2, -0.15) is 0 Å². The predicted octanol–water partition coefficient (Wildman–Crippen LogP) is 1.64. The molecule has 0 heterocycles. The molecule has 0 aliphatic rings. The summed E-state index contributed by atoms with van der Waals surface area (Å²) in [5.41, 5.74) is 0.585. The number of rotatable bonds is 6. The number of hydrogen-bond donors (Lipinski definition) is 1. The van der Waals surface area contributed by atoms with Crippen LogP contribution in [0.1, 0.15) is 19.4 Å². The Kier molecular flexibility index (Phi) is 5.26. The second kappa shape index (κ2) is 6.70. The van der Waals surface area contributed by atoms with Crippen molar-refractivity contribution in [2.75, 3.05) is 6.54 Å². The number of nitrogens with zero attached hydrogens (tertiary/aromatic N) is 1. The molecule has 0 unspecified atom stereocenters. The van der Waals surface area contributed by atoms with E-state index in [1.54, 1.807) is 32.0 Å². The molecule has 0 amide bonds. The summed E-state index contributed by atoms with van der Waals surface area (Å²) in [6.07, 6.45) is -0.162. The zero-order valence-electron chi connectivity index (χ0n) is 10.4. The van der Waals surface area contributed by atoms with Crippen molar-refractivity contribution in [3.8, 4) is 0 Å². The molecule has 1 aromatic rings. The summed E-state index contributed by atoms with van der Waals surface area (Å²) in [6, 6.07) is 6.41. The second-order valence-corrected chi connectivity index (χ2v) is 4.03. The minimum absolute atomic E-state index is 0.0320. The third kappa shape index (κ3) is 4.50. The molecule has 1 aromatic carbocycles. The Morgan fingerprint density at radius 3 is 2.72 bits per heavy atom. The normalized spacial score (nSPS) is 10.4.